The van der Waals surface area contributed by atoms with Crippen LogP contribution >= 0.6 is 0 Å². The first-order chi connectivity index (χ1) is 8.12. The molecule has 1 aliphatic rings. The smallest absolute Gasteiger partial charge is 0.329 e. The number of hydrogen-bond acceptors (Lipinski definition) is 3. The number of rotatable bonds is 4. The van der Waals surface area contributed by atoms with Crippen molar-refractivity contribution in [2.24, 2.45) is 0 Å². The summed E-state index contributed by atoms with van der Waals surface area (Å²) in [5, 5.41) is 14.1. The number of nitrogens with one attached hydrogen (secondary N) is 3. The fourth-order valence-corrected chi connectivity index (χ4v) is 1.74. The van der Waals surface area contributed by atoms with Crippen molar-refractivity contribution in [3.63, 3.8) is 0 Å². The van der Waals surface area contributed by atoms with Crippen molar-refractivity contribution in [1.29, 1.82) is 0 Å². The first-order valence-electron chi connectivity index (χ1n) is 5.40. The summed E-state index contributed by atoms with van der Waals surface area (Å²) in [6, 6.07) is -0.483. The molecular formula is C10H14N4O3. The predicted molar refractivity (Wildman–Crippen MR) is 58.2 cm³/mol. The molecule has 1 aliphatic carbocycles. The van der Waals surface area contributed by atoms with Gasteiger partial charge < -0.3 is 20.7 Å². The van der Waals surface area contributed by atoms with Gasteiger partial charge in [-0.15, -0.1) is 0 Å². The molecule has 1 heterocycles. The van der Waals surface area contributed by atoms with Gasteiger partial charge in [-0.3, -0.25) is 0 Å². The molecule has 0 atom stereocenters. The molecule has 1 aromatic heterocycles. The molecule has 4 N–H and O–H groups in total. The molecule has 92 valence electrons. The highest BCUT2D eigenvalue weighted by atomic mass is 16.4. The van der Waals surface area contributed by atoms with E-state index in [0.29, 0.717) is 18.7 Å². The van der Waals surface area contributed by atoms with Crippen LogP contribution in [0.25, 0.3) is 0 Å². The Hall–Kier alpha value is -2.05. The number of H-pyrrole nitrogens is 1. The summed E-state index contributed by atoms with van der Waals surface area (Å²) in [6.45, 7) is 0.245. The van der Waals surface area contributed by atoms with Crippen molar-refractivity contribution >= 4 is 12.0 Å². The second kappa shape index (κ2) is 4.44. The van der Waals surface area contributed by atoms with Crippen molar-refractivity contribution in [3.8, 4) is 0 Å². The Kier molecular flexibility index (Phi) is 2.99. The van der Waals surface area contributed by atoms with E-state index in [9.17, 15) is 9.59 Å². The van der Waals surface area contributed by atoms with E-state index in [2.05, 4.69) is 20.6 Å². The Morgan fingerprint density at radius 1 is 1.53 bits per heavy atom. The maximum atomic E-state index is 11.5. The highest BCUT2D eigenvalue weighted by Crippen LogP contribution is 2.31. The fourth-order valence-electron chi connectivity index (χ4n) is 1.74. The monoisotopic (exact) mass is 238 g/mol. The van der Waals surface area contributed by atoms with Crippen LogP contribution in [-0.4, -0.2) is 32.6 Å². The first-order valence-corrected chi connectivity index (χ1v) is 5.40. The molecule has 7 nitrogen and oxygen atoms in total. The van der Waals surface area contributed by atoms with Crippen molar-refractivity contribution in [2.75, 3.05) is 0 Å². The van der Waals surface area contributed by atoms with Crippen LogP contribution in [0.1, 0.15) is 25.1 Å². The molecule has 1 saturated carbocycles. The number of urea groups is 1. The summed E-state index contributed by atoms with van der Waals surface area (Å²) in [4.78, 5) is 29.3. The third-order valence-corrected chi connectivity index (χ3v) is 2.94. The standard InChI is InChI=1S/C10H14N4O3/c15-8(16)10(2-1-3-10)14-9(17)13-6-7-11-4-5-12-7/h4-5H,1-3,6H2,(H,11,12)(H,15,16)(H2,13,14,17). The summed E-state index contributed by atoms with van der Waals surface area (Å²) in [6.07, 6.45) is 5.02. The number of hydrogen-bond donors (Lipinski definition) is 4. The van der Waals surface area contributed by atoms with Gasteiger partial charge in [-0.25, -0.2) is 14.6 Å². The summed E-state index contributed by atoms with van der Waals surface area (Å²) >= 11 is 0. The van der Waals surface area contributed by atoms with Gasteiger partial charge in [0.1, 0.15) is 11.4 Å². The van der Waals surface area contributed by atoms with Gasteiger partial charge in [0, 0.05) is 12.4 Å². The molecule has 0 aliphatic heterocycles. The molecule has 0 bridgehead atoms. The van der Waals surface area contributed by atoms with Gasteiger partial charge in [-0.05, 0) is 19.3 Å². The lowest BCUT2D eigenvalue weighted by Gasteiger charge is -2.38. The van der Waals surface area contributed by atoms with E-state index in [1.165, 1.54) is 0 Å². The Labute approximate surface area is 97.6 Å². The number of amides is 2. The molecule has 0 aromatic carbocycles. The lowest BCUT2D eigenvalue weighted by atomic mass is 9.77. The number of aromatic amines is 1. The van der Waals surface area contributed by atoms with Crippen LogP contribution in [0, 0.1) is 0 Å². The number of aromatic nitrogens is 2. The number of nitrogens with zero attached hydrogens (tertiary/aromatic N) is 1. The number of imidazole rings is 1. The number of carbonyl (C=O) groups is 2. The Balaban J connectivity index is 1.83. The summed E-state index contributed by atoms with van der Waals surface area (Å²) < 4.78 is 0. The van der Waals surface area contributed by atoms with E-state index in [4.69, 9.17) is 5.11 Å². The molecule has 0 saturated heterocycles. The zero-order valence-electron chi connectivity index (χ0n) is 9.19. The number of aliphatic carboxylic acids is 1. The minimum absolute atomic E-state index is 0.245. The molecule has 0 unspecified atom stereocenters. The second-order valence-corrected chi connectivity index (χ2v) is 4.08. The zero-order valence-corrected chi connectivity index (χ0v) is 9.19. The average molecular weight is 238 g/mol. The maximum Gasteiger partial charge on any atom is 0.329 e. The normalized spacial score (nSPS) is 16.9. The van der Waals surface area contributed by atoms with E-state index in [0.717, 1.165) is 6.42 Å². The Morgan fingerprint density at radius 3 is 2.76 bits per heavy atom. The summed E-state index contributed by atoms with van der Waals surface area (Å²) in [5.41, 5.74) is -1.08. The van der Waals surface area contributed by atoms with Gasteiger partial charge in [0.15, 0.2) is 0 Å². The second-order valence-electron chi connectivity index (χ2n) is 4.08. The Bertz CT molecular complexity index is 411. The van der Waals surface area contributed by atoms with Gasteiger partial charge in [0.25, 0.3) is 0 Å². The minimum atomic E-state index is -1.08. The number of carboxylic acid groups (broad SMARTS) is 1. The molecule has 7 heteroatoms. The van der Waals surface area contributed by atoms with E-state index >= 15 is 0 Å². The fraction of sp³-hybridized carbons (Fsp3) is 0.500. The number of carboxylic acids is 1. The Morgan fingerprint density at radius 2 is 2.29 bits per heavy atom. The third kappa shape index (κ3) is 2.38. The first kappa shape index (κ1) is 11.4. The minimum Gasteiger partial charge on any atom is -0.480 e. The molecular weight excluding hydrogens is 224 g/mol. The van der Waals surface area contributed by atoms with Gasteiger partial charge in [0.05, 0.1) is 6.54 Å². The molecule has 2 rings (SSSR count). The summed E-state index contributed by atoms with van der Waals surface area (Å²) in [7, 11) is 0. The van der Waals surface area contributed by atoms with Crippen molar-refractivity contribution in [3.05, 3.63) is 18.2 Å². The highest BCUT2D eigenvalue weighted by Gasteiger charge is 2.45. The lowest BCUT2D eigenvalue weighted by molar-refractivity contribution is -0.148. The van der Waals surface area contributed by atoms with E-state index in [1.807, 2.05) is 0 Å². The maximum absolute atomic E-state index is 11.5. The molecule has 17 heavy (non-hydrogen) atoms. The van der Waals surface area contributed by atoms with Gasteiger partial charge >= 0.3 is 12.0 Å². The average Bonchev–Trinajstić information content (AvgIpc) is 2.72. The third-order valence-electron chi connectivity index (χ3n) is 2.94. The van der Waals surface area contributed by atoms with Crippen molar-refractivity contribution in [2.45, 2.75) is 31.3 Å². The SMILES string of the molecule is O=C(NCc1ncc[nH]1)NC1(C(=O)O)CCC1. The molecule has 1 fully saturated rings. The van der Waals surface area contributed by atoms with Gasteiger partial charge in [-0.2, -0.15) is 0 Å². The summed E-state index contributed by atoms with van der Waals surface area (Å²) in [5.74, 6) is -0.352. The van der Waals surface area contributed by atoms with Gasteiger partial charge in [0.2, 0.25) is 0 Å². The van der Waals surface area contributed by atoms with Crippen LogP contribution in [0.3, 0.4) is 0 Å². The van der Waals surface area contributed by atoms with E-state index < -0.39 is 17.5 Å². The topological polar surface area (TPSA) is 107 Å². The predicted octanol–water partition coefficient (Wildman–Crippen LogP) is 0.216. The molecule has 1 aromatic rings. The molecule has 0 spiro atoms. The van der Waals surface area contributed by atoms with Crippen LogP contribution in [0.4, 0.5) is 4.79 Å². The van der Waals surface area contributed by atoms with Crippen molar-refractivity contribution < 1.29 is 14.7 Å². The molecule has 2 amide bonds. The zero-order chi connectivity index (χ0) is 12.3. The highest BCUT2D eigenvalue weighted by molar-refractivity contribution is 5.87. The lowest BCUT2D eigenvalue weighted by Crippen LogP contribution is -2.61. The quantitative estimate of drug-likeness (QED) is 0.601. The number of carbonyl (C=O) groups excluding carboxylic acids is 1. The van der Waals surface area contributed by atoms with Crippen LogP contribution in [0.5, 0.6) is 0 Å². The van der Waals surface area contributed by atoms with Crippen molar-refractivity contribution in [1.82, 2.24) is 20.6 Å². The van der Waals surface area contributed by atoms with Crippen LogP contribution < -0.4 is 10.6 Å². The van der Waals surface area contributed by atoms with Crippen LogP contribution in [0.15, 0.2) is 12.4 Å². The van der Waals surface area contributed by atoms with Crippen LogP contribution in [-0.2, 0) is 11.3 Å². The van der Waals surface area contributed by atoms with Crippen LogP contribution in [0.2, 0.25) is 0 Å². The molecule has 0 radical (unpaired) electrons. The van der Waals surface area contributed by atoms with E-state index in [-0.39, 0.29) is 6.54 Å². The van der Waals surface area contributed by atoms with Gasteiger partial charge in [-0.1, -0.05) is 0 Å². The largest absolute Gasteiger partial charge is 0.480 e. The van der Waals surface area contributed by atoms with E-state index in [1.54, 1.807) is 12.4 Å².